The van der Waals surface area contributed by atoms with E-state index in [9.17, 15) is 13.7 Å². The second-order valence-corrected chi connectivity index (χ2v) is 14.3. The van der Waals surface area contributed by atoms with Crippen molar-refractivity contribution in [3.8, 4) is 0 Å². The van der Waals surface area contributed by atoms with E-state index in [2.05, 4.69) is 5.09 Å². The lowest BCUT2D eigenvalue weighted by Crippen LogP contribution is -2.34. The van der Waals surface area contributed by atoms with Crippen molar-refractivity contribution >= 4 is 33.3 Å². The van der Waals surface area contributed by atoms with Gasteiger partial charge in [-0.2, -0.15) is 0 Å². The third kappa shape index (κ3) is 12.7. The van der Waals surface area contributed by atoms with E-state index in [0.29, 0.717) is 0 Å². The van der Waals surface area contributed by atoms with Crippen LogP contribution in [-0.4, -0.2) is 64.6 Å². The number of hydrogen-bond acceptors (Lipinski definition) is 9. The van der Waals surface area contributed by atoms with Crippen LogP contribution in [0.5, 0.6) is 0 Å². The van der Waals surface area contributed by atoms with Crippen LogP contribution in [0.1, 0.15) is 40.0 Å². The van der Waals surface area contributed by atoms with Crippen molar-refractivity contribution in [2.75, 3.05) is 40.3 Å². The second kappa shape index (κ2) is 12.8. The molecule has 0 spiro atoms. The normalized spacial score (nSPS) is 24.1. The fourth-order valence-corrected chi connectivity index (χ4v) is 7.11. The van der Waals surface area contributed by atoms with Crippen molar-refractivity contribution in [2.45, 2.75) is 64.4 Å². The van der Waals surface area contributed by atoms with Gasteiger partial charge in [-0.05, 0) is 33.6 Å². The molecular weight excluding hydrogens is 479 g/mol. The zero-order chi connectivity index (χ0) is 23.0. The molecule has 1 N–H and O–H groups in total. The molecule has 6 unspecified atom stereocenters. The first kappa shape index (κ1) is 28.7. The van der Waals surface area contributed by atoms with Crippen LogP contribution >= 0.6 is 33.3 Å². The molecule has 0 aromatic heterocycles. The molecule has 0 bridgehead atoms. The summed E-state index contributed by atoms with van der Waals surface area (Å²) < 4.78 is 68.3. The largest absolute Gasteiger partial charge is 0.424 e. The van der Waals surface area contributed by atoms with Crippen molar-refractivity contribution in [3.05, 3.63) is 0 Å². The Kier molecular flexibility index (Phi) is 12.3. The van der Waals surface area contributed by atoms with Crippen LogP contribution in [0.25, 0.3) is 0 Å². The van der Waals surface area contributed by atoms with Gasteiger partial charge in [-0.15, -0.1) is 0 Å². The van der Waals surface area contributed by atoms with E-state index in [4.69, 9.17) is 38.6 Å². The summed E-state index contributed by atoms with van der Waals surface area (Å²) in [5.41, 5.74) is 0. The van der Waals surface area contributed by atoms with Gasteiger partial charge < -0.3 is 18.3 Å². The number of methoxy groups -OCH3 is 1. The van der Waals surface area contributed by atoms with Crippen LogP contribution in [0.2, 0.25) is 0 Å². The van der Waals surface area contributed by atoms with Crippen LogP contribution < -0.4 is 5.09 Å². The molecular formula is C16H35ClNO9P3. The Bertz CT molecular complexity index is 664. The Labute approximate surface area is 184 Å². The number of hydrogen-bond donors (Lipinski definition) is 1. The standard InChI is InChI=1S/C16H35ClNO9P3/c1-13(10-22-4)27-30(17,21)24-12-15(3)26-29(6,20)23-11-14(2)25-28(5,19)18-16-8-7-9-16/h13-16H,7-12H2,1-6H3,(H,18,19). The quantitative estimate of drug-likeness (QED) is 0.282. The Morgan fingerprint density at radius 2 is 1.43 bits per heavy atom. The first-order chi connectivity index (χ1) is 13.7. The Morgan fingerprint density at radius 3 is 1.97 bits per heavy atom. The number of nitrogens with one attached hydrogen (secondary N) is 1. The second-order valence-electron chi connectivity index (χ2n) is 7.60. The third-order valence-electron chi connectivity index (χ3n) is 3.99. The van der Waals surface area contributed by atoms with Gasteiger partial charge >= 0.3 is 14.5 Å². The molecule has 0 aliphatic heterocycles. The van der Waals surface area contributed by atoms with Crippen molar-refractivity contribution < 1.29 is 41.1 Å². The van der Waals surface area contributed by atoms with Crippen LogP contribution in [0, 0.1) is 0 Å². The molecule has 6 atom stereocenters. The van der Waals surface area contributed by atoms with Gasteiger partial charge in [0, 0.05) is 37.7 Å². The average molecular weight is 514 g/mol. The van der Waals surface area contributed by atoms with Crippen molar-refractivity contribution in [1.29, 1.82) is 0 Å². The van der Waals surface area contributed by atoms with Gasteiger partial charge in [0.2, 0.25) is 0 Å². The molecule has 1 saturated carbocycles. The minimum absolute atomic E-state index is 0.0722. The molecule has 10 nitrogen and oxygen atoms in total. The maximum Gasteiger partial charge on any atom is 0.424 e. The molecule has 0 radical (unpaired) electrons. The molecule has 30 heavy (non-hydrogen) atoms. The van der Waals surface area contributed by atoms with Gasteiger partial charge in [-0.3, -0.25) is 18.2 Å². The molecule has 1 aliphatic rings. The van der Waals surface area contributed by atoms with Crippen molar-refractivity contribution in [3.63, 3.8) is 0 Å². The zero-order valence-corrected chi connectivity index (χ0v) is 21.9. The van der Waals surface area contributed by atoms with E-state index in [0.717, 1.165) is 19.3 Å². The monoisotopic (exact) mass is 513 g/mol. The highest BCUT2D eigenvalue weighted by Gasteiger charge is 2.30. The lowest BCUT2D eigenvalue weighted by atomic mass is 9.94. The van der Waals surface area contributed by atoms with Crippen LogP contribution in [0.3, 0.4) is 0 Å². The summed E-state index contributed by atoms with van der Waals surface area (Å²) in [4.78, 5) is 0. The number of rotatable bonds is 16. The molecule has 180 valence electrons. The molecule has 0 aromatic carbocycles. The Balaban J connectivity index is 2.36. The Morgan fingerprint density at radius 1 is 0.900 bits per heavy atom. The first-order valence-corrected chi connectivity index (χ1v) is 16.3. The summed E-state index contributed by atoms with van der Waals surface area (Å²) in [5, 5.41) is 3.01. The lowest BCUT2D eigenvalue weighted by molar-refractivity contribution is 0.0633. The molecule has 0 amide bonds. The van der Waals surface area contributed by atoms with Gasteiger partial charge in [0.15, 0.2) is 0 Å². The molecule has 1 fully saturated rings. The van der Waals surface area contributed by atoms with Gasteiger partial charge in [0.05, 0.1) is 38.1 Å². The van der Waals surface area contributed by atoms with Crippen LogP contribution in [0.15, 0.2) is 0 Å². The fraction of sp³-hybridized carbons (Fsp3) is 1.00. The number of halogens is 1. The highest BCUT2D eigenvalue weighted by Crippen LogP contribution is 2.55. The van der Waals surface area contributed by atoms with Crippen molar-refractivity contribution in [1.82, 2.24) is 5.09 Å². The van der Waals surface area contributed by atoms with Crippen LogP contribution in [-0.2, 0) is 41.1 Å². The molecule has 14 heteroatoms. The topological polar surface area (TPSA) is 119 Å². The van der Waals surface area contributed by atoms with E-state index in [-0.39, 0.29) is 25.9 Å². The first-order valence-electron chi connectivity index (χ1n) is 9.79. The highest BCUT2D eigenvalue weighted by molar-refractivity contribution is 7.81. The summed E-state index contributed by atoms with van der Waals surface area (Å²) in [6.45, 7) is 3.76. The molecule has 1 rings (SSSR count). The highest BCUT2D eigenvalue weighted by atomic mass is 35.7. The average Bonchev–Trinajstić information content (AvgIpc) is 2.54. The molecule has 0 aromatic rings. The minimum Gasteiger partial charge on any atom is -0.382 e. The molecule has 0 heterocycles. The Hall–Kier alpha value is 0.700. The zero-order valence-electron chi connectivity index (χ0n) is 18.4. The lowest BCUT2D eigenvalue weighted by Gasteiger charge is -2.31. The molecule has 1 aliphatic carbocycles. The molecule has 0 saturated heterocycles. The van der Waals surface area contributed by atoms with E-state index in [1.807, 2.05) is 0 Å². The van der Waals surface area contributed by atoms with Gasteiger partial charge in [0.25, 0.3) is 7.52 Å². The van der Waals surface area contributed by atoms with E-state index in [1.54, 1.807) is 20.8 Å². The van der Waals surface area contributed by atoms with Gasteiger partial charge in [-0.25, -0.2) is 9.65 Å². The van der Waals surface area contributed by atoms with E-state index < -0.39 is 40.4 Å². The summed E-state index contributed by atoms with van der Waals surface area (Å²) in [5.74, 6) is 0. The predicted molar refractivity (Wildman–Crippen MR) is 117 cm³/mol. The summed E-state index contributed by atoms with van der Waals surface area (Å²) in [6.07, 6.45) is 1.26. The summed E-state index contributed by atoms with van der Waals surface area (Å²) in [6, 6.07) is 0.217. The van der Waals surface area contributed by atoms with E-state index in [1.165, 1.54) is 20.4 Å². The van der Waals surface area contributed by atoms with Gasteiger partial charge in [-0.1, -0.05) is 6.42 Å². The van der Waals surface area contributed by atoms with E-state index >= 15 is 0 Å². The summed E-state index contributed by atoms with van der Waals surface area (Å²) in [7, 11) is -4.97. The fourth-order valence-electron chi connectivity index (χ4n) is 2.61. The van der Waals surface area contributed by atoms with Crippen LogP contribution in [0.4, 0.5) is 0 Å². The van der Waals surface area contributed by atoms with Gasteiger partial charge in [0.1, 0.15) is 0 Å². The predicted octanol–water partition coefficient (Wildman–Crippen LogP) is 5.02. The maximum atomic E-state index is 12.5. The summed E-state index contributed by atoms with van der Waals surface area (Å²) >= 11 is 5.75. The number of ether oxygens (including phenoxy) is 1. The SMILES string of the molecule is COCC(C)OP(=O)(Cl)OCC(C)OP(C)(=O)OCC(C)OP(C)(=O)NC1CCC1. The smallest absolute Gasteiger partial charge is 0.382 e. The maximum absolute atomic E-state index is 12.5. The van der Waals surface area contributed by atoms with Crippen molar-refractivity contribution in [2.24, 2.45) is 0 Å². The third-order valence-corrected chi connectivity index (χ3v) is 8.55. The minimum atomic E-state index is -3.84.